The average Bonchev–Trinajstić information content (AvgIpc) is 2.88. The molecule has 1 aromatic carbocycles. The summed E-state index contributed by atoms with van der Waals surface area (Å²) < 4.78 is 16.3. The quantitative estimate of drug-likeness (QED) is 0.633. The van der Waals surface area contributed by atoms with Crippen molar-refractivity contribution in [1.82, 2.24) is 14.7 Å². The van der Waals surface area contributed by atoms with Crippen molar-refractivity contribution < 1.29 is 23.8 Å². The molecule has 0 aliphatic carbocycles. The fourth-order valence-corrected chi connectivity index (χ4v) is 5.51. The number of hydrogen-bond donors (Lipinski definition) is 0. The first-order valence-electron chi connectivity index (χ1n) is 12.0. The topological polar surface area (TPSA) is 74.8 Å². The monoisotopic (exact) mass is 458 g/mol. The molecule has 9 heteroatoms. The van der Waals surface area contributed by atoms with Gasteiger partial charge in [-0.3, -0.25) is 14.5 Å². The average molecular weight is 459 g/mol. The highest BCUT2D eigenvalue weighted by atomic mass is 16.5. The van der Waals surface area contributed by atoms with E-state index in [1.807, 2.05) is 15.9 Å². The Balaban J connectivity index is 1.36. The number of nitrogens with zero attached hydrogens (tertiary/aromatic N) is 4. The molecule has 0 unspecified atom stereocenters. The third kappa shape index (κ3) is 4.67. The standard InChI is InChI=1S/C24H34N4O5/c1-31-19-3-2-18-14-20(24(30)27-8-12-33-13-9-27)22-16-25(4-5-28(22)21(18)15-19)17-23(29)26-6-10-32-11-7-26/h2-3,15,20,22H,4-14,16-17H2,1H3/t20-,22-/m1/s1. The van der Waals surface area contributed by atoms with Gasteiger partial charge in [0.05, 0.1) is 52.0 Å². The van der Waals surface area contributed by atoms with Crippen LogP contribution in [0.25, 0.3) is 0 Å². The van der Waals surface area contributed by atoms with Gasteiger partial charge in [-0.1, -0.05) is 6.07 Å². The van der Waals surface area contributed by atoms with E-state index in [1.54, 1.807) is 7.11 Å². The number of morpholine rings is 2. The van der Waals surface area contributed by atoms with E-state index in [9.17, 15) is 9.59 Å². The maximum absolute atomic E-state index is 13.6. The fraction of sp³-hybridized carbons (Fsp3) is 0.667. The highest BCUT2D eigenvalue weighted by Gasteiger charge is 2.43. The lowest BCUT2D eigenvalue weighted by atomic mass is 9.82. The summed E-state index contributed by atoms with van der Waals surface area (Å²) in [5.41, 5.74) is 2.35. The molecule has 1 aromatic rings. The smallest absolute Gasteiger partial charge is 0.236 e. The van der Waals surface area contributed by atoms with Crippen LogP contribution in [-0.4, -0.2) is 118 Å². The zero-order chi connectivity index (χ0) is 22.8. The fourth-order valence-electron chi connectivity index (χ4n) is 5.51. The van der Waals surface area contributed by atoms with Gasteiger partial charge in [-0.25, -0.2) is 0 Å². The number of benzene rings is 1. The van der Waals surface area contributed by atoms with Gasteiger partial charge in [0, 0.05) is 57.6 Å². The molecule has 2 amide bonds. The molecule has 33 heavy (non-hydrogen) atoms. The Morgan fingerprint density at radius 2 is 1.67 bits per heavy atom. The van der Waals surface area contributed by atoms with Gasteiger partial charge in [-0.05, 0) is 18.1 Å². The van der Waals surface area contributed by atoms with Crippen LogP contribution in [0.2, 0.25) is 0 Å². The van der Waals surface area contributed by atoms with Crippen LogP contribution in [0.1, 0.15) is 5.56 Å². The summed E-state index contributed by atoms with van der Waals surface area (Å²) >= 11 is 0. The molecule has 4 aliphatic heterocycles. The lowest BCUT2D eigenvalue weighted by Gasteiger charge is -2.50. The van der Waals surface area contributed by atoms with Crippen LogP contribution < -0.4 is 9.64 Å². The van der Waals surface area contributed by atoms with Crippen molar-refractivity contribution in [2.75, 3.05) is 90.8 Å². The van der Waals surface area contributed by atoms with Crippen molar-refractivity contribution >= 4 is 17.5 Å². The number of methoxy groups -OCH3 is 1. The number of amides is 2. The third-order valence-electron chi connectivity index (χ3n) is 7.37. The maximum atomic E-state index is 13.6. The third-order valence-corrected chi connectivity index (χ3v) is 7.37. The predicted octanol–water partition coefficient (Wildman–Crippen LogP) is 0.0757. The molecule has 3 fully saturated rings. The Labute approximate surface area is 195 Å². The van der Waals surface area contributed by atoms with Crippen LogP contribution >= 0.6 is 0 Å². The van der Waals surface area contributed by atoms with Crippen LogP contribution in [0.4, 0.5) is 5.69 Å². The van der Waals surface area contributed by atoms with Gasteiger partial charge in [0.25, 0.3) is 0 Å². The van der Waals surface area contributed by atoms with E-state index in [1.165, 1.54) is 5.56 Å². The van der Waals surface area contributed by atoms with Crippen LogP contribution in [0, 0.1) is 5.92 Å². The summed E-state index contributed by atoms with van der Waals surface area (Å²) in [6.45, 7) is 7.71. The molecule has 0 radical (unpaired) electrons. The van der Waals surface area contributed by atoms with Crippen LogP contribution in [0.3, 0.4) is 0 Å². The van der Waals surface area contributed by atoms with Gasteiger partial charge in [-0.15, -0.1) is 0 Å². The molecule has 9 nitrogen and oxygen atoms in total. The van der Waals surface area contributed by atoms with Crippen LogP contribution in [0.15, 0.2) is 18.2 Å². The minimum atomic E-state index is -0.134. The van der Waals surface area contributed by atoms with Gasteiger partial charge in [-0.2, -0.15) is 0 Å². The molecule has 4 aliphatic rings. The molecule has 0 spiro atoms. The number of ether oxygens (including phenoxy) is 3. The summed E-state index contributed by atoms with van der Waals surface area (Å²) in [6.07, 6.45) is 0.710. The van der Waals surface area contributed by atoms with Gasteiger partial charge in [0.2, 0.25) is 11.8 Å². The molecular weight excluding hydrogens is 424 g/mol. The Kier molecular flexibility index (Phi) is 6.71. The van der Waals surface area contributed by atoms with Crippen molar-refractivity contribution in [2.24, 2.45) is 5.92 Å². The largest absolute Gasteiger partial charge is 0.497 e. The highest BCUT2D eigenvalue weighted by Crippen LogP contribution is 2.38. The lowest BCUT2D eigenvalue weighted by molar-refractivity contribution is -0.141. The molecule has 2 atom stereocenters. The summed E-state index contributed by atoms with van der Waals surface area (Å²) in [5.74, 6) is 1.05. The second kappa shape index (κ2) is 9.87. The van der Waals surface area contributed by atoms with Gasteiger partial charge < -0.3 is 28.9 Å². The SMILES string of the molecule is COc1ccc2c(c1)N1CCN(CC(=O)N3CCOCC3)C[C@@H]1[C@H](C(=O)N1CCOCC1)C2. The molecule has 3 saturated heterocycles. The molecule has 180 valence electrons. The molecular formula is C24H34N4O5. The van der Waals surface area contributed by atoms with Gasteiger partial charge in [0.15, 0.2) is 0 Å². The summed E-state index contributed by atoms with van der Waals surface area (Å²) in [5, 5.41) is 0. The first-order valence-corrected chi connectivity index (χ1v) is 12.0. The van der Waals surface area contributed by atoms with E-state index in [-0.39, 0.29) is 23.8 Å². The first kappa shape index (κ1) is 22.4. The van der Waals surface area contributed by atoms with Gasteiger partial charge >= 0.3 is 0 Å². The molecule has 4 heterocycles. The van der Waals surface area contributed by atoms with Crippen molar-refractivity contribution in [3.8, 4) is 5.75 Å². The molecule has 0 N–H and O–H groups in total. The summed E-state index contributed by atoms with van der Waals surface area (Å²) in [4.78, 5) is 35.0. The van der Waals surface area contributed by atoms with E-state index in [0.29, 0.717) is 72.1 Å². The van der Waals surface area contributed by atoms with Crippen LogP contribution in [0.5, 0.6) is 5.75 Å². The second-order valence-electron chi connectivity index (χ2n) is 9.23. The van der Waals surface area contributed by atoms with E-state index >= 15 is 0 Å². The first-order chi connectivity index (χ1) is 16.1. The van der Waals surface area contributed by atoms with Crippen molar-refractivity contribution in [3.05, 3.63) is 23.8 Å². The number of anilines is 1. The van der Waals surface area contributed by atoms with E-state index in [2.05, 4.69) is 21.9 Å². The predicted molar refractivity (Wildman–Crippen MR) is 123 cm³/mol. The number of hydrogen-bond acceptors (Lipinski definition) is 7. The summed E-state index contributed by atoms with van der Waals surface area (Å²) in [6, 6.07) is 6.20. The Morgan fingerprint density at radius 3 is 2.36 bits per heavy atom. The Bertz CT molecular complexity index is 868. The lowest BCUT2D eigenvalue weighted by Crippen LogP contribution is -2.62. The summed E-state index contributed by atoms with van der Waals surface area (Å²) in [7, 11) is 1.68. The molecule has 0 aromatic heterocycles. The minimum absolute atomic E-state index is 0.0335. The molecule has 0 saturated carbocycles. The van der Waals surface area contributed by atoms with E-state index in [0.717, 1.165) is 24.5 Å². The number of carbonyl (C=O) groups excluding carboxylic acids is 2. The molecule has 0 bridgehead atoms. The van der Waals surface area contributed by atoms with E-state index in [4.69, 9.17) is 14.2 Å². The number of rotatable bonds is 4. The highest BCUT2D eigenvalue weighted by molar-refractivity contribution is 5.83. The number of piperazine rings is 1. The van der Waals surface area contributed by atoms with Crippen LogP contribution in [-0.2, 0) is 25.5 Å². The molecule has 5 rings (SSSR count). The van der Waals surface area contributed by atoms with Gasteiger partial charge in [0.1, 0.15) is 5.75 Å². The van der Waals surface area contributed by atoms with Crippen molar-refractivity contribution in [3.63, 3.8) is 0 Å². The van der Waals surface area contributed by atoms with Crippen molar-refractivity contribution in [1.29, 1.82) is 0 Å². The normalized spacial score (nSPS) is 25.9. The van der Waals surface area contributed by atoms with E-state index < -0.39 is 0 Å². The Hall–Kier alpha value is -2.36. The Morgan fingerprint density at radius 1 is 0.970 bits per heavy atom. The zero-order valence-corrected chi connectivity index (χ0v) is 19.4. The minimum Gasteiger partial charge on any atom is -0.497 e. The second-order valence-corrected chi connectivity index (χ2v) is 9.23. The number of fused-ring (bicyclic) bond motifs is 3. The number of carbonyl (C=O) groups is 2. The zero-order valence-electron chi connectivity index (χ0n) is 19.4. The maximum Gasteiger partial charge on any atom is 0.236 e. The van der Waals surface area contributed by atoms with Crippen molar-refractivity contribution in [2.45, 2.75) is 12.5 Å².